The van der Waals surface area contributed by atoms with Crippen LogP contribution >= 0.6 is 0 Å². The zero-order chi connectivity index (χ0) is 12.0. The number of rotatable bonds is 4. The Morgan fingerprint density at radius 1 is 1.31 bits per heavy atom. The van der Waals surface area contributed by atoms with Crippen LogP contribution in [-0.4, -0.2) is 25.6 Å². The zero-order valence-corrected chi connectivity index (χ0v) is 8.93. The lowest BCUT2D eigenvalue weighted by Gasteiger charge is -2.07. The van der Waals surface area contributed by atoms with Gasteiger partial charge in [-0.3, -0.25) is 4.79 Å². The van der Waals surface area contributed by atoms with E-state index in [1.165, 1.54) is 19.2 Å². The highest BCUT2D eigenvalue weighted by Crippen LogP contribution is 2.19. The van der Waals surface area contributed by atoms with Crippen molar-refractivity contribution < 1.29 is 19.1 Å². The molecule has 5 nitrogen and oxygen atoms in total. The Kier molecular flexibility index (Phi) is 4.47. The van der Waals surface area contributed by atoms with Crippen LogP contribution in [0.1, 0.15) is 16.8 Å². The van der Waals surface area contributed by atoms with Crippen molar-refractivity contribution in [2.24, 2.45) is 5.73 Å². The molecule has 86 valence electrons. The highest BCUT2D eigenvalue weighted by molar-refractivity contribution is 5.93. The van der Waals surface area contributed by atoms with Gasteiger partial charge in [0.15, 0.2) is 0 Å². The third kappa shape index (κ3) is 3.06. The van der Waals surface area contributed by atoms with Crippen LogP contribution in [0.15, 0.2) is 24.3 Å². The van der Waals surface area contributed by atoms with Crippen LogP contribution in [0.2, 0.25) is 0 Å². The molecule has 0 heterocycles. The normalized spacial score (nSPS) is 9.62. The Bertz CT molecular complexity index is 389. The number of benzene rings is 1. The maximum Gasteiger partial charge on any atom is 0.341 e. The van der Waals surface area contributed by atoms with Crippen LogP contribution in [0.5, 0.6) is 5.75 Å². The van der Waals surface area contributed by atoms with Crippen LogP contribution in [0.3, 0.4) is 0 Å². The fourth-order valence-electron chi connectivity index (χ4n) is 1.13. The number of para-hydroxylation sites is 1. The van der Waals surface area contributed by atoms with Gasteiger partial charge in [0.25, 0.3) is 0 Å². The lowest BCUT2D eigenvalue weighted by Crippen LogP contribution is -2.15. The van der Waals surface area contributed by atoms with Crippen LogP contribution in [0.4, 0.5) is 0 Å². The third-order valence-corrected chi connectivity index (χ3v) is 1.86. The van der Waals surface area contributed by atoms with E-state index in [2.05, 4.69) is 4.74 Å². The number of esters is 2. The summed E-state index contributed by atoms with van der Waals surface area (Å²) in [5, 5.41) is 0. The number of hydrogen-bond donors (Lipinski definition) is 1. The molecule has 0 unspecified atom stereocenters. The maximum absolute atomic E-state index is 11.3. The Morgan fingerprint density at radius 3 is 2.62 bits per heavy atom. The van der Waals surface area contributed by atoms with E-state index in [4.69, 9.17) is 10.5 Å². The molecule has 2 N–H and O–H groups in total. The number of carbonyl (C=O) groups excluding carboxylic acids is 2. The van der Waals surface area contributed by atoms with E-state index in [1.54, 1.807) is 12.1 Å². The predicted molar refractivity (Wildman–Crippen MR) is 57.1 cm³/mol. The lowest BCUT2D eigenvalue weighted by atomic mass is 10.2. The third-order valence-electron chi connectivity index (χ3n) is 1.86. The summed E-state index contributed by atoms with van der Waals surface area (Å²) in [5.74, 6) is -0.831. The molecule has 0 spiro atoms. The highest BCUT2D eigenvalue weighted by atomic mass is 16.5. The van der Waals surface area contributed by atoms with Crippen LogP contribution in [0.25, 0.3) is 0 Å². The van der Waals surface area contributed by atoms with Crippen molar-refractivity contribution in [1.82, 2.24) is 0 Å². The van der Waals surface area contributed by atoms with E-state index in [-0.39, 0.29) is 24.3 Å². The van der Waals surface area contributed by atoms with E-state index in [0.717, 1.165) is 0 Å². The van der Waals surface area contributed by atoms with Gasteiger partial charge in [-0.15, -0.1) is 0 Å². The summed E-state index contributed by atoms with van der Waals surface area (Å²) >= 11 is 0. The minimum Gasteiger partial charge on any atom is -0.465 e. The first-order chi connectivity index (χ1) is 7.69. The quantitative estimate of drug-likeness (QED) is 0.601. The molecule has 1 aromatic rings. The molecule has 5 heteroatoms. The van der Waals surface area contributed by atoms with E-state index in [1.807, 2.05) is 0 Å². The summed E-state index contributed by atoms with van der Waals surface area (Å²) < 4.78 is 9.55. The summed E-state index contributed by atoms with van der Waals surface area (Å²) in [6.07, 6.45) is 0.107. The van der Waals surface area contributed by atoms with Gasteiger partial charge in [0.2, 0.25) is 0 Å². The molecule has 0 aliphatic carbocycles. The first kappa shape index (κ1) is 12.2. The minimum atomic E-state index is -0.545. The van der Waals surface area contributed by atoms with Crippen molar-refractivity contribution in [3.8, 4) is 5.75 Å². The Morgan fingerprint density at radius 2 is 2.00 bits per heavy atom. The van der Waals surface area contributed by atoms with Crippen LogP contribution in [-0.2, 0) is 9.53 Å². The molecule has 0 bridgehead atoms. The number of nitrogens with two attached hydrogens (primary N) is 1. The molecule has 0 amide bonds. The summed E-state index contributed by atoms with van der Waals surface area (Å²) in [5.41, 5.74) is 5.43. The largest absolute Gasteiger partial charge is 0.465 e. The monoisotopic (exact) mass is 223 g/mol. The highest BCUT2D eigenvalue weighted by Gasteiger charge is 2.14. The number of hydrogen-bond acceptors (Lipinski definition) is 5. The molecule has 1 aromatic carbocycles. The molecular formula is C11H13NO4. The first-order valence-corrected chi connectivity index (χ1v) is 4.77. The van der Waals surface area contributed by atoms with Crippen LogP contribution in [0, 0.1) is 0 Å². The van der Waals surface area contributed by atoms with Crippen molar-refractivity contribution in [2.45, 2.75) is 6.42 Å². The molecule has 0 aliphatic heterocycles. The molecule has 1 rings (SSSR count). The minimum absolute atomic E-state index is 0.107. The van der Waals surface area contributed by atoms with E-state index >= 15 is 0 Å². The van der Waals surface area contributed by atoms with Crippen LogP contribution < -0.4 is 10.5 Å². The van der Waals surface area contributed by atoms with Crippen molar-refractivity contribution in [3.05, 3.63) is 29.8 Å². The Hall–Kier alpha value is -1.88. The van der Waals surface area contributed by atoms with Gasteiger partial charge in [-0.05, 0) is 12.1 Å². The topological polar surface area (TPSA) is 78.6 Å². The lowest BCUT2D eigenvalue weighted by molar-refractivity contribution is -0.134. The fraction of sp³-hybridized carbons (Fsp3) is 0.273. The van der Waals surface area contributed by atoms with Crippen molar-refractivity contribution in [1.29, 1.82) is 0 Å². The maximum atomic E-state index is 11.3. The number of carbonyl (C=O) groups is 2. The molecule has 0 atom stereocenters. The first-order valence-electron chi connectivity index (χ1n) is 4.77. The number of methoxy groups -OCH3 is 1. The van der Waals surface area contributed by atoms with Crippen molar-refractivity contribution in [2.75, 3.05) is 13.7 Å². The van der Waals surface area contributed by atoms with Gasteiger partial charge in [0.1, 0.15) is 11.3 Å². The summed E-state index contributed by atoms with van der Waals surface area (Å²) in [4.78, 5) is 22.6. The SMILES string of the molecule is COC(=O)c1ccccc1OC(=O)CCN. The molecule has 0 aromatic heterocycles. The van der Waals surface area contributed by atoms with E-state index in [0.29, 0.717) is 0 Å². The van der Waals surface area contributed by atoms with Gasteiger partial charge in [0, 0.05) is 6.54 Å². The van der Waals surface area contributed by atoms with E-state index < -0.39 is 11.9 Å². The van der Waals surface area contributed by atoms with E-state index in [9.17, 15) is 9.59 Å². The zero-order valence-electron chi connectivity index (χ0n) is 8.93. The average Bonchev–Trinajstić information content (AvgIpc) is 2.29. The molecule has 0 aliphatic rings. The molecular weight excluding hydrogens is 210 g/mol. The van der Waals surface area contributed by atoms with Gasteiger partial charge < -0.3 is 15.2 Å². The smallest absolute Gasteiger partial charge is 0.341 e. The fourth-order valence-corrected chi connectivity index (χ4v) is 1.13. The van der Waals surface area contributed by atoms with Crippen molar-refractivity contribution >= 4 is 11.9 Å². The summed E-state index contributed by atoms with van der Waals surface area (Å²) in [7, 11) is 1.26. The molecule has 0 radical (unpaired) electrons. The van der Waals surface area contributed by atoms with Gasteiger partial charge in [0.05, 0.1) is 13.5 Å². The number of ether oxygens (including phenoxy) is 2. The summed E-state index contributed by atoms with van der Waals surface area (Å²) in [6.45, 7) is 0.208. The predicted octanol–water partition coefficient (Wildman–Crippen LogP) is 0.727. The molecule has 0 fully saturated rings. The van der Waals surface area contributed by atoms with Gasteiger partial charge >= 0.3 is 11.9 Å². The van der Waals surface area contributed by atoms with Crippen molar-refractivity contribution in [3.63, 3.8) is 0 Å². The molecule has 0 saturated carbocycles. The standard InChI is InChI=1S/C11H13NO4/c1-15-11(14)8-4-2-3-5-9(8)16-10(13)6-7-12/h2-5H,6-7,12H2,1H3. The second-order valence-corrected chi connectivity index (χ2v) is 3.00. The Balaban J connectivity index is 2.87. The Labute approximate surface area is 93.1 Å². The van der Waals surface area contributed by atoms with Gasteiger partial charge in [-0.25, -0.2) is 4.79 Å². The molecule has 0 saturated heterocycles. The second kappa shape index (κ2) is 5.87. The van der Waals surface area contributed by atoms with Gasteiger partial charge in [-0.2, -0.15) is 0 Å². The van der Waals surface area contributed by atoms with Gasteiger partial charge in [-0.1, -0.05) is 12.1 Å². The summed E-state index contributed by atoms with van der Waals surface area (Å²) in [6, 6.07) is 6.38. The molecule has 16 heavy (non-hydrogen) atoms. The average molecular weight is 223 g/mol. The second-order valence-electron chi connectivity index (χ2n) is 3.00.